The average molecular weight is 659 g/mol. The molecule has 0 N–H and O–H groups in total. The van der Waals surface area contributed by atoms with Crippen LogP contribution in [0.2, 0.25) is 0 Å². The summed E-state index contributed by atoms with van der Waals surface area (Å²) in [4.78, 5) is 24.7. The maximum atomic E-state index is 13.0. The minimum atomic E-state index is -0.189. The molecule has 266 valence electrons. The van der Waals surface area contributed by atoms with Crippen LogP contribution in [0.3, 0.4) is 0 Å². The number of ether oxygens (including phenoxy) is 2. The Morgan fingerprint density at radius 3 is 2.19 bits per heavy atom. The Bertz CT molecular complexity index is 1270. The van der Waals surface area contributed by atoms with Gasteiger partial charge in [0.1, 0.15) is 12.2 Å². The summed E-state index contributed by atoms with van der Waals surface area (Å²) in [5.41, 5.74) is 3.91. The van der Waals surface area contributed by atoms with Gasteiger partial charge in [-0.05, 0) is 124 Å². The zero-order valence-electron chi connectivity index (χ0n) is 31.5. The van der Waals surface area contributed by atoms with E-state index in [4.69, 9.17) is 9.47 Å². The Morgan fingerprint density at radius 2 is 1.56 bits per heavy atom. The quantitative estimate of drug-likeness (QED) is 0.196. The van der Waals surface area contributed by atoms with E-state index in [0.29, 0.717) is 35.2 Å². The van der Waals surface area contributed by atoms with Crippen LogP contribution in [0.25, 0.3) is 0 Å². The summed E-state index contributed by atoms with van der Waals surface area (Å²) in [5, 5.41) is 0. The van der Waals surface area contributed by atoms with Crippen LogP contribution in [0, 0.1) is 72.0 Å². The average Bonchev–Trinajstić information content (AvgIpc) is 3.41. The number of esters is 1. The summed E-state index contributed by atoms with van der Waals surface area (Å²) >= 11 is 0. The first-order valence-electron chi connectivity index (χ1n) is 19.6. The lowest BCUT2D eigenvalue weighted by Gasteiger charge is -2.62. The van der Waals surface area contributed by atoms with Gasteiger partial charge in [-0.3, -0.25) is 4.79 Å². The summed E-state index contributed by atoms with van der Waals surface area (Å²) in [6, 6.07) is 8.48. The third kappa shape index (κ3) is 7.99. The van der Waals surface area contributed by atoms with Gasteiger partial charge in [-0.1, -0.05) is 114 Å². The fraction of sp³-hybridized carbons (Fsp3) is 0.727. The van der Waals surface area contributed by atoms with Crippen LogP contribution >= 0.6 is 0 Å². The van der Waals surface area contributed by atoms with Gasteiger partial charge in [0, 0.05) is 5.92 Å². The molecule has 4 nitrogen and oxygen atoms in total. The highest BCUT2D eigenvalue weighted by Crippen LogP contribution is 2.68. The van der Waals surface area contributed by atoms with Crippen molar-refractivity contribution < 1.29 is 19.1 Å². The normalized spacial score (nSPS) is 37.6. The van der Waals surface area contributed by atoms with E-state index in [-0.39, 0.29) is 29.5 Å². The second-order valence-electron chi connectivity index (χ2n) is 17.7. The number of hydrogen-bond acceptors (Lipinski definition) is 4. The van der Waals surface area contributed by atoms with E-state index >= 15 is 0 Å². The molecular weight excluding hydrogens is 592 g/mol. The van der Waals surface area contributed by atoms with Crippen molar-refractivity contribution in [3.05, 3.63) is 59.2 Å². The minimum Gasteiger partial charge on any atom is -0.464 e. The van der Waals surface area contributed by atoms with Gasteiger partial charge in [0.15, 0.2) is 0 Å². The van der Waals surface area contributed by atoms with Crippen LogP contribution < -0.4 is 0 Å². The van der Waals surface area contributed by atoms with Crippen molar-refractivity contribution in [3.8, 4) is 0 Å². The number of carbonyl (C=O) groups is 2. The van der Waals surface area contributed by atoms with Gasteiger partial charge in [-0.25, -0.2) is 4.79 Å². The summed E-state index contributed by atoms with van der Waals surface area (Å²) in [6.07, 6.45) is 20.0. The number of fused-ring (bicyclic) bond motifs is 5. The first-order chi connectivity index (χ1) is 22.9. The highest BCUT2D eigenvalue weighted by molar-refractivity contribution is 5.91. The van der Waals surface area contributed by atoms with E-state index in [0.717, 1.165) is 55.8 Å². The Kier molecular flexibility index (Phi) is 12.1. The number of aryl methyl sites for hydroxylation is 2. The number of benzene rings is 1. The molecule has 5 aliphatic rings. The standard InChI is InChI=1S/C36H56O4.C8H10/c1-23(2)8-7-9-25(4)29-14-15-30-28-21-33(39-22-37)32-20-27(40-34(38)26-12-10-24(3)11-13-26)16-18-36(32,6)31(28)17-19-35(29,30)5;1-7-3-5-8(2)6-4-7/h10,12-13,22-25,27-33H,7-9,11,14-21H2,1-6H3;3-6H,1-2H3. The third-order valence-corrected chi connectivity index (χ3v) is 14.1. The lowest BCUT2D eigenvalue weighted by molar-refractivity contribution is -0.191. The Hall–Kier alpha value is -2.36. The SMILES string of the molecule is CC(C)CCCC(C)C1CCC2C3CC(OC=O)C4CC(OC(=O)C5=CCC(C)C=C5)CCC4(C)C3CCC12C.Cc1ccc(C)cc1. The predicted molar refractivity (Wildman–Crippen MR) is 196 cm³/mol. The molecule has 0 bridgehead atoms. The molecule has 11 atom stereocenters. The summed E-state index contributed by atoms with van der Waals surface area (Å²) in [5.74, 6) is 5.01. The molecule has 5 aliphatic carbocycles. The van der Waals surface area contributed by atoms with Crippen LogP contribution in [-0.2, 0) is 19.1 Å². The molecule has 1 aromatic rings. The molecule has 0 aliphatic heterocycles. The van der Waals surface area contributed by atoms with Crippen molar-refractivity contribution in [1.82, 2.24) is 0 Å². The fourth-order valence-electron chi connectivity index (χ4n) is 11.3. The minimum absolute atomic E-state index is 0.0650. The summed E-state index contributed by atoms with van der Waals surface area (Å²) in [6.45, 7) is 19.4. The first kappa shape index (κ1) is 36.9. The van der Waals surface area contributed by atoms with E-state index in [1.165, 1.54) is 56.1 Å². The molecule has 4 saturated carbocycles. The zero-order valence-corrected chi connectivity index (χ0v) is 31.5. The molecule has 0 radical (unpaired) electrons. The van der Waals surface area contributed by atoms with Crippen molar-refractivity contribution in [2.24, 2.45) is 58.2 Å². The summed E-state index contributed by atoms with van der Waals surface area (Å²) in [7, 11) is 0. The van der Waals surface area contributed by atoms with Crippen LogP contribution in [0.5, 0.6) is 0 Å². The number of hydrogen-bond donors (Lipinski definition) is 0. The fourth-order valence-corrected chi connectivity index (χ4v) is 11.3. The van der Waals surface area contributed by atoms with Gasteiger partial charge in [-0.15, -0.1) is 0 Å². The van der Waals surface area contributed by atoms with Gasteiger partial charge in [0.2, 0.25) is 0 Å². The molecule has 0 saturated heterocycles. The molecular formula is C44H66O4. The maximum Gasteiger partial charge on any atom is 0.338 e. The lowest BCUT2D eigenvalue weighted by Crippen LogP contribution is -2.59. The van der Waals surface area contributed by atoms with Gasteiger partial charge in [0.25, 0.3) is 6.47 Å². The molecule has 0 amide bonds. The van der Waals surface area contributed by atoms with Crippen LogP contribution in [-0.4, -0.2) is 24.6 Å². The van der Waals surface area contributed by atoms with Crippen LogP contribution in [0.15, 0.2) is 48.1 Å². The molecule has 0 spiro atoms. The van der Waals surface area contributed by atoms with E-state index in [2.05, 4.69) is 85.7 Å². The molecule has 11 unspecified atom stereocenters. The van der Waals surface area contributed by atoms with E-state index in [9.17, 15) is 9.59 Å². The lowest BCUT2D eigenvalue weighted by atomic mass is 9.43. The molecule has 0 heterocycles. The van der Waals surface area contributed by atoms with Crippen molar-refractivity contribution in [1.29, 1.82) is 0 Å². The van der Waals surface area contributed by atoms with Crippen molar-refractivity contribution in [2.75, 3.05) is 0 Å². The molecule has 48 heavy (non-hydrogen) atoms. The highest BCUT2D eigenvalue weighted by Gasteiger charge is 2.63. The maximum absolute atomic E-state index is 13.0. The molecule has 4 heteroatoms. The Morgan fingerprint density at radius 1 is 0.896 bits per heavy atom. The van der Waals surface area contributed by atoms with Gasteiger partial charge in [0.05, 0.1) is 5.57 Å². The third-order valence-electron chi connectivity index (χ3n) is 14.1. The van der Waals surface area contributed by atoms with E-state index in [1.54, 1.807) is 0 Å². The van der Waals surface area contributed by atoms with Gasteiger partial charge < -0.3 is 9.47 Å². The Labute approximate surface area is 292 Å². The first-order valence-corrected chi connectivity index (χ1v) is 19.6. The van der Waals surface area contributed by atoms with Crippen LogP contribution in [0.4, 0.5) is 0 Å². The topological polar surface area (TPSA) is 52.6 Å². The van der Waals surface area contributed by atoms with Gasteiger partial charge in [-0.2, -0.15) is 0 Å². The van der Waals surface area contributed by atoms with Crippen molar-refractivity contribution in [3.63, 3.8) is 0 Å². The second kappa shape index (κ2) is 15.7. The summed E-state index contributed by atoms with van der Waals surface area (Å²) < 4.78 is 12.0. The Balaban J connectivity index is 0.000000494. The predicted octanol–water partition coefficient (Wildman–Crippen LogP) is 11.0. The number of allylic oxidation sites excluding steroid dienone is 2. The van der Waals surface area contributed by atoms with Crippen molar-refractivity contribution >= 4 is 12.4 Å². The molecule has 4 fully saturated rings. The number of carbonyl (C=O) groups excluding carboxylic acids is 2. The zero-order chi connectivity index (χ0) is 34.6. The molecule has 1 aromatic carbocycles. The number of rotatable bonds is 9. The van der Waals surface area contributed by atoms with Crippen LogP contribution in [0.1, 0.15) is 130 Å². The smallest absolute Gasteiger partial charge is 0.338 e. The highest BCUT2D eigenvalue weighted by atomic mass is 16.5. The molecule has 6 rings (SSSR count). The monoisotopic (exact) mass is 658 g/mol. The van der Waals surface area contributed by atoms with E-state index in [1.807, 2.05) is 12.2 Å². The molecule has 0 aromatic heterocycles. The second-order valence-corrected chi connectivity index (χ2v) is 17.7. The van der Waals surface area contributed by atoms with Gasteiger partial charge >= 0.3 is 5.97 Å². The van der Waals surface area contributed by atoms with Crippen molar-refractivity contribution in [2.45, 2.75) is 145 Å². The largest absolute Gasteiger partial charge is 0.464 e. The van der Waals surface area contributed by atoms with E-state index < -0.39 is 0 Å².